The zero-order chi connectivity index (χ0) is 25.3. The minimum Gasteiger partial charge on any atom is -0.456 e. The fourth-order valence-corrected chi connectivity index (χ4v) is 5.38. The number of epoxide rings is 1. The average molecular weight is 499 g/mol. The van der Waals surface area contributed by atoms with E-state index >= 15 is 0 Å². The molecule has 5 unspecified atom stereocenters. The number of aliphatic hydroxyl groups excluding tert-OH is 2. The van der Waals surface area contributed by atoms with Crippen molar-refractivity contribution in [3.8, 4) is 0 Å². The Labute approximate surface area is 215 Å². The van der Waals surface area contributed by atoms with Crippen molar-refractivity contribution in [2.24, 2.45) is 5.92 Å². The second-order valence-corrected chi connectivity index (χ2v) is 10.6. The summed E-state index contributed by atoms with van der Waals surface area (Å²) in [6.45, 7) is 4.15. The quantitative estimate of drug-likeness (QED) is 0.328. The third kappa shape index (κ3) is 8.55. The first-order valence-electron chi connectivity index (χ1n) is 13.7. The van der Waals surface area contributed by atoms with Crippen molar-refractivity contribution in [3.05, 3.63) is 60.8 Å². The van der Waals surface area contributed by atoms with Gasteiger partial charge >= 0.3 is 5.97 Å². The fourth-order valence-electron chi connectivity index (χ4n) is 5.38. The van der Waals surface area contributed by atoms with Gasteiger partial charge in [0.15, 0.2) is 0 Å². The highest BCUT2D eigenvalue weighted by Crippen LogP contribution is 2.34. The molecule has 6 nitrogen and oxygen atoms in total. The van der Waals surface area contributed by atoms with E-state index in [2.05, 4.69) is 24.8 Å². The van der Waals surface area contributed by atoms with Crippen LogP contribution >= 0.6 is 0 Å². The lowest BCUT2D eigenvalue weighted by molar-refractivity contribution is -0.148. The minimum atomic E-state index is -0.942. The van der Waals surface area contributed by atoms with Crippen molar-refractivity contribution in [1.29, 1.82) is 0 Å². The van der Waals surface area contributed by atoms with Crippen LogP contribution in [0.3, 0.4) is 0 Å². The van der Waals surface area contributed by atoms with Gasteiger partial charge in [0.05, 0.1) is 24.4 Å². The van der Waals surface area contributed by atoms with Crippen LogP contribution in [-0.4, -0.2) is 58.9 Å². The molecular weight excluding hydrogens is 456 g/mol. The van der Waals surface area contributed by atoms with Crippen molar-refractivity contribution in [2.45, 2.75) is 113 Å². The number of esters is 1. The Morgan fingerprint density at radius 2 is 1.94 bits per heavy atom. The maximum absolute atomic E-state index is 12.6. The van der Waals surface area contributed by atoms with Crippen LogP contribution in [0.2, 0.25) is 0 Å². The van der Waals surface area contributed by atoms with Crippen LogP contribution < -0.4 is 0 Å². The molecule has 0 aromatic heterocycles. The molecule has 0 aromatic rings. The van der Waals surface area contributed by atoms with Gasteiger partial charge < -0.3 is 24.4 Å². The summed E-state index contributed by atoms with van der Waals surface area (Å²) in [5.74, 6) is -0.119. The lowest BCUT2D eigenvalue weighted by Gasteiger charge is -2.25. The average Bonchev–Trinajstić information content (AvgIpc) is 3.66. The molecule has 0 aromatic carbocycles. The summed E-state index contributed by atoms with van der Waals surface area (Å²) in [6, 6.07) is 0. The number of carbonyl (C=O) groups is 1. The molecule has 0 radical (unpaired) electrons. The Hall–Kier alpha value is -1.99. The minimum absolute atomic E-state index is 0.0599. The van der Waals surface area contributed by atoms with Crippen LogP contribution in [0, 0.1) is 5.92 Å². The van der Waals surface area contributed by atoms with Crippen molar-refractivity contribution >= 4 is 5.97 Å². The van der Waals surface area contributed by atoms with Crippen molar-refractivity contribution in [2.75, 3.05) is 0 Å². The zero-order valence-electron chi connectivity index (χ0n) is 21.3. The number of carbonyl (C=O) groups excluding carboxylic acids is 1. The van der Waals surface area contributed by atoms with Crippen molar-refractivity contribution in [3.63, 3.8) is 0 Å². The van der Waals surface area contributed by atoms with E-state index < -0.39 is 24.3 Å². The van der Waals surface area contributed by atoms with Crippen LogP contribution in [0.4, 0.5) is 0 Å². The Morgan fingerprint density at radius 3 is 2.83 bits per heavy atom. The summed E-state index contributed by atoms with van der Waals surface area (Å²) < 4.78 is 17.6. The lowest BCUT2D eigenvalue weighted by Crippen LogP contribution is -2.32. The first kappa shape index (κ1) is 27.1. The molecule has 8 atom stereocenters. The SMILES string of the molecule is C=C1CCC[C@@H]2CC=CC(C/C=C\C(=O)OC(C(O)/C=C/C3CC=CCCC3)C[C@@H]3OC3[C@@H](O)C1)O2. The van der Waals surface area contributed by atoms with Crippen LogP contribution in [0.5, 0.6) is 0 Å². The number of fused-ring (bicyclic) bond motifs is 3. The molecule has 36 heavy (non-hydrogen) atoms. The number of cyclic esters (lactones) is 1. The highest BCUT2D eigenvalue weighted by atomic mass is 16.6. The van der Waals surface area contributed by atoms with Crippen LogP contribution in [0.1, 0.15) is 70.6 Å². The Bertz CT molecular complexity index is 858. The first-order valence-corrected chi connectivity index (χ1v) is 13.7. The third-order valence-corrected chi connectivity index (χ3v) is 7.54. The first-order chi connectivity index (χ1) is 17.5. The number of aliphatic hydroxyl groups is 2. The van der Waals surface area contributed by atoms with Crippen molar-refractivity contribution < 1.29 is 29.2 Å². The van der Waals surface area contributed by atoms with Crippen molar-refractivity contribution in [1.82, 2.24) is 0 Å². The molecule has 4 aliphatic rings. The topological polar surface area (TPSA) is 88.5 Å². The summed E-state index contributed by atoms with van der Waals surface area (Å²) >= 11 is 0. The number of allylic oxidation sites excluding steroid dienone is 3. The van der Waals surface area contributed by atoms with E-state index in [4.69, 9.17) is 14.2 Å². The second kappa shape index (κ2) is 13.5. The number of hydrogen-bond acceptors (Lipinski definition) is 6. The molecule has 0 saturated carbocycles. The van der Waals surface area contributed by atoms with E-state index in [-0.39, 0.29) is 24.4 Å². The Morgan fingerprint density at radius 1 is 1.06 bits per heavy atom. The predicted octanol–water partition coefficient (Wildman–Crippen LogP) is 4.87. The van der Waals surface area contributed by atoms with Gasteiger partial charge in [-0.3, -0.25) is 0 Å². The normalized spacial score (nSPS) is 38.3. The predicted molar refractivity (Wildman–Crippen MR) is 139 cm³/mol. The summed E-state index contributed by atoms with van der Waals surface area (Å²) in [5.41, 5.74) is 1.01. The fraction of sp³-hybridized carbons (Fsp3) is 0.633. The third-order valence-electron chi connectivity index (χ3n) is 7.54. The Balaban J connectivity index is 1.42. The maximum atomic E-state index is 12.6. The maximum Gasteiger partial charge on any atom is 0.330 e. The smallest absolute Gasteiger partial charge is 0.330 e. The molecule has 0 amide bonds. The van der Waals surface area contributed by atoms with Gasteiger partial charge in [-0.05, 0) is 70.1 Å². The van der Waals surface area contributed by atoms with Gasteiger partial charge in [-0.15, -0.1) is 0 Å². The summed E-state index contributed by atoms with van der Waals surface area (Å²) in [6.07, 6.45) is 22.1. The van der Waals surface area contributed by atoms with Gasteiger partial charge in [-0.2, -0.15) is 0 Å². The van der Waals surface area contributed by atoms with E-state index in [0.717, 1.165) is 56.9 Å². The standard InChI is InChI=1S/C30H42O6/c1-21-9-6-12-23-13-7-14-24(34-23)15-8-16-29(33)35-27(20-28-30(36-28)26(32)19-21)25(31)18-17-22-10-4-2-3-5-11-22/h2,4,7-8,14,16-18,22-28,30-32H,1,3,5-6,9-13,15,19-20H2/b16-8-,18-17+/t22?,23-,24?,25?,26+,27?,28+,30?/m1/s1. The number of rotatable bonds is 3. The monoisotopic (exact) mass is 498 g/mol. The van der Waals surface area contributed by atoms with E-state index in [1.54, 1.807) is 12.2 Å². The molecule has 0 spiro atoms. The van der Waals surface area contributed by atoms with Gasteiger partial charge in [-0.25, -0.2) is 4.79 Å². The molecule has 6 heteroatoms. The van der Waals surface area contributed by atoms with E-state index in [1.807, 2.05) is 12.2 Å². The van der Waals surface area contributed by atoms with Gasteiger partial charge in [0.2, 0.25) is 0 Å². The van der Waals surface area contributed by atoms with Crippen LogP contribution in [-0.2, 0) is 19.0 Å². The molecular formula is C30H42O6. The highest BCUT2D eigenvalue weighted by molar-refractivity contribution is 5.82. The number of ether oxygens (including phenoxy) is 3. The second-order valence-electron chi connectivity index (χ2n) is 10.6. The number of hydrogen-bond donors (Lipinski definition) is 2. The summed E-state index contributed by atoms with van der Waals surface area (Å²) in [5, 5.41) is 21.6. The van der Waals surface area contributed by atoms with E-state index in [9.17, 15) is 15.0 Å². The van der Waals surface area contributed by atoms with Gasteiger partial charge in [0.1, 0.15) is 18.3 Å². The highest BCUT2D eigenvalue weighted by Gasteiger charge is 2.46. The molecule has 3 heterocycles. The molecule has 1 aliphatic carbocycles. The molecule has 2 N–H and O–H groups in total. The van der Waals surface area contributed by atoms with Crippen LogP contribution in [0.25, 0.3) is 0 Å². The molecule has 1 saturated heterocycles. The molecule has 3 aliphatic heterocycles. The molecule has 1 fully saturated rings. The van der Waals surface area contributed by atoms with Gasteiger partial charge in [-0.1, -0.05) is 54.7 Å². The summed E-state index contributed by atoms with van der Waals surface area (Å²) in [7, 11) is 0. The molecule has 2 bridgehead atoms. The van der Waals surface area contributed by atoms with E-state index in [1.165, 1.54) is 6.08 Å². The van der Waals surface area contributed by atoms with Gasteiger partial charge in [0, 0.05) is 12.5 Å². The van der Waals surface area contributed by atoms with E-state index in [0.29, 0.717) is 25.2 Å². The van der Waals surface area contributed by atoms with Gasteiger partial charge in [0.25, 0.3) is 0 Å². The largest absolute Gasteiger partial charge is 0.456 e. The van der Waals surface area contributed by atoms with Crippen LogP contribution in [0.15, 0.2) is 60.8 Å². The molecule has 4 rings (SSSR count). The summed E-state index contributed by atoms with van der Waals surface area (Å²) in [4.78, 5) is 12.6. The molecule has 198 valence electrons. The lowest BCUT2D eigenvalue weighted by atomic mass is 9.96. The zero-order valence-corrected chi connectivity index (χ0v) is 21.3. The Kier molecular flexibility index (Phi) is 10.2.